The summed E-state index contributed by atoms with van der Waals surface area (Å²) in [7, 11) is 3.89. The van der Waals surface area contributed by atoms with E-state index in [1.807, 2.05) is 49.3 Å². The van der Waals surface area contributed by atoms with Crippen LogP contribution in [0.1, 0.15) is 35.7 Å². The molecule has 0 radical (unpaired) electrons. The molecule has 134 valence electrons. The van der Waals surface area contributed by atoms with Gasteiger partial charge in [0.1, 0.15) is 5.01 Å². The van der Waals surface area contributed by atoms with Crippen molar-refractivity contribution in [2.75, 3.05) is 24.3 Å². The average Bonchev–Trinajstić information content (AvgIpc) is 3.10. The normalized spacial score (nSPS) is 10.8. The molecule has 1 N–H and O–H groups in total. The van der Waals surface area contributed by atoms with Gasteiger partial charge in [-0.1, -0.05) is 55.5 Å². The highest BCUT2D eigenvalue weighted by Gasteiger charge is 2.12. The number of benzene rings is 2. The van der Waals surface area contributed by atoms with E-state index in [1.54, 1.807) is 6.07 Å². The predicted molar refractivity (Wildman–Crippen MR) is 108 cm³/mol. The Balaban J connectivity index is 1.74. The van der Waals surface area contributed by atoms with E-state index in [9.17, 15) is 4.79 Å². The fourth-order valence-corrected chi connectivity index (χ4v) is 3.24. The molecule has 0 aliphatic carbocycles. The lowest BCUT2D eigenvalue weighted by Gasteiger charge is -2.13. The van der Waals surface area contributed by atoms with Crippen molar-refractivity contribution in [2.45, 2.75) is 19.8 Å². The number of hydrogen-bond acceptors (Lipinski definition) is 5. The summed E-state index contributed by atoms with van der Waals surface area (Å²) >= 11 is 1.37. The predicted octanol–water partition coefficient (Wildman–Crippen LogP) is 4.65. The molecule has 6 heteroatoms. The minimum absolute atomic E-state index is 0.188. The first-order chi connectivity index (χ1) is 12.4. The van der Waals surface area contributed by atoms with Gasteiger partial charge in [-0.05, 0) is 29.7 Å². The molecule has 0 bridgehead atoms. The number of hydrogen-bond donors (Lipinski definition) is 1. The molecule has 0 aliphatic rings. The van der Waals surface area contributed by atoms with E-state index in [4.69, 9.17) is 0 Å². The summed E-state index contributed by atoms with van der Waals surface area (Å²) in [6, 6.07) is 15.8. The van der Waals surface area contributed by atoms with Crippen molar-refractivity contribution >= 4 is 28.1 Å². The average molecular weight is 366 g/mol. The van der Waals surface area contributed by atoms with Crippen molar-refractivity contribution in [2.24, 2.45) is 0 Å². The van der Waals surface area contributed by atoms with Crippen LogP contribution in [0.5, 0.6) is 0 Å². The molecule has 3 aromatic rings. The van der Waals surface area contributed by atoms with E-state index in [0.717, 1.165) is 16.3 Å². The highest BCUT2D eigenvalue weighted by atomic mass is 32.1. The van der Waals surface area contributed by atoms with Gasteiger partial charge in [0.25, 0.3) is 5.91 Å². The van der Waals surface area contributed by atoms with Crippen molar-refractivity contribution in [1.82, 2.24) is 10.2 Å². The molecular formula is C20H22N4OS. The molecular weight excluding hydrogens is 344 g/mol. The fourth-order valence-electron chi connectivity index (χ4n) is 2.50. The van der Waals surface area contributed by atoms with Gasteiger partial charge in [0.15, 0.2) is 0 Å². The van der Waals surface area contributed by atoms with Crippen molar-refractivity contribution in [3.8, 4) is 10.6 Å². The molecule has 2 aromatic carbocycles. The Hall–Kier alpha value is -2.73. The van der Waals surface area contributed by atoms with Gasteiger partial charge in [0, 0.05) is 30.9 Å². The lowest BCUT2D eigenvalue weighted by atomic mass is 10.0. The lowest BCUT2D eigenvalue weighted by Crippen LogP contribution is -2.14. The van der Waals surface area contributed by atoms with Gasteiger partial charge in [-0.3, -0.25) is 10.1 Å². The third kappa shape index (κ3) is 4.08. The molecule has 3 rings (SSSR count). The number of rotatable bonds is 5. The first kappa shape index (κ1) is 18.1. The Morgan fingerprint density at radius 3 is 2.46 bits per heavy atom. The van der Waals surface area contributed by atoms with E-state index in [0.29, 0.717) is 16.6 Å². The summed E-state index contributed by atoms with van der Waals surface area (Å²) in [4.78, 5) is 14.4. The van der Waals surface area contributed by atoms with Crippen LogP contribution in [0.15, 0.2) is 48.5 Å². The van der Waals surface area contributed by atoms with Crippen molar-refractivity contribution in [3.05, 3.63) is 59.7 Å². The van der Waals surface area contributed by atoms with Crippen molar-refractivity contribution in [3.63, 3.8) is 0 Å². The Labute approximate surface area is 157 Å². The molecule has 0 saturated heterocycles. The minimum Gasteiger partial charge on any atom is -0.378 e. The molecule has 0 aliphatic heterocycles. The van der Waals surface area contributed by atoms with Gasteiger partial charge in [0.05, 0.1) is 0 Å². The zero-order valence-corrected chi connectivity index (χ0v) is 16.2. The van der Waals surface area contributed by atoms with Crippen LogP contribution in [0.3, 0.4) is 0 Å². The summed E-state index contributed by atoms with van der Waals surface area (Å²) < 4.78 is 0. The second kappa shape index (κ2) is 7.66. The molecule has 0 atom stereocenters. The lowest BCUT2D eigenvalue weighted by molar-refractivity contribution is 0.102. The Bertz CT molecular complexity index is 900. The van der Waals surface area contributed by atoms with E-state index >= 15 is 0 Å². The number of carbonyl (C=O) groups is 1. The highest BCUT2D eigenvalue weighted by molar-refractivity contribution is 7.18. The maximum Gasteiger partial charge on any atom is 0.257 e. The number of nitrogens with one attached hydrogen (secondary N) is 1. The van der Waals surface area contributed by atoms with Gasteiger partial charge in [-0.15, -0.1) is 10.2 Å². The molecule has 1 aromatic heterocycles. The van der Waals surface area contributed by atoms with Crippen LogP contribution in [-0.2, 0) is 0 Å². The van der Waals surface area contributed by atoms with Gasteiger partial charge in [-0.25, -0.2) is 0 Å². The highest BCUT2D eigenvalue weighted by Crippen LogP contribution is 2.28. The van der Waals surface area contributed by atoms with Gasteiger partial charge in [-0.2, -0.15) is 0 Å². The Kier molecular flexibility index (Phi) is 5.32. The van der Waals surface area contributed by atoms with Crippen LogP contribution >= 0.6 is 11.3 Å². The van der Waals surface area contributed by atoms with Crippen molar-refractivity contribution in [1.29, 1.82) is 0 Å². The third-order valence-corrected chi connectivity index (χ3v) is 4.98. The molecule has 0 fully saturated rings. The van der Waals surface area contributed by atoms with E-state index < -0.39 is 0 Å². The quantitative estimate of drug-likeness (QED) is 0.714. The molecule has 0 unspecified atom stereocenters. The number of aromatic nitrogens is 2. The van der Waals surface area contributed by atoms with Crippen LogP contribution in [0.4, 0.5) is 10.8 Å². The van der Waals surface area contributed by atoms with Gasteiger partial charge in [0.2, 0.25) is 5.13 Å². The first-order valence-electron chi connectivity index (χ1n) is 8.46. The summed E-state index contributed by atoms with van der Waals surface area (Å²) in [5, 5.41) is 12.4. The van der Waals surface area contributed by atoms with Crippen LogP contribution in [0.2, 0.25) is 0 Å². The smallest absolute Gasteiger partial charge is 0.257 e. The van der Waals surface area contributed by atoms with E-state index in [-0.39, 0.29) is 5.91 Å². The van der Waals surface area contributed by atoms with Gasteiger partial charge >= 0.3 is 0 Å². The SMILES string of the molecule is CC(C)c1ccc(-c2nnc(NC(=O)c3cccc(N(C)C)c3)s2)cc1. The van der Waals surface area contributed by atoms with Crippen LogP contribution < -0.4 is 10.2 Å². The van der Waals surface area contributed by atoms with Crippen molar-refractivity contribution < 1.29 is 4.79 Å². The zero-order chi connectivity index (χ0) is 18.7. The maximum absolute atomic E-state index is 12.5. The standard InChI is InChI=1S/C20H22N4OS/c1-13(2)14-8-10-15(11-9-14)19-22-23-20(26-19)21-18(25)16-6-5-7-17(12-16)24(3)4/h5-13H,1-4H3,(H,21,23,25). The second-order valence-electron chi connectivity index (χ2n) is 6.59. The Morgan fingerprint density at radius 1 is 1.08 bits per heavy atom. The molecule has 5 nitrogen and oxygen atoms in total. The summed E-state index contributed by atoms with van der Waals surface area (Å²) in [5.74, 6) is 0.304. The number of anilines is 2. The molecule has 26 heavy (non-hydrogen) atoms. The third-order valence-electron chi connectivity index (χ3n) is 4.09. The summed E-state index contributed by atoms with van der Waals surface area (Å²) in [6.07, 6.45) is 0. The van der Waals surface area contributed by atoms with Crippen LogP contribution in [0, 0.1) is 0 Å². The second-order valence-corrected chi connectivity index (χ2v) is 7.57. The number of amides is 1. The largest absolute Gasteiger partial charge is 0.378 e. The van der Waals surface area contributed by atoms with Crippen LogP contribution in [-0.4, -0.2) is 30.2 Å². The summed E-state index contributed by atoms with van der Waals surface area (Å²) in [6.45, 7) is 4.33. The number of carbonyl (C=O) groups excluding carboxylic acids is 1. The first-order valence-corrected chi connectivity index (χ1v) is 9.28. The molecule has 1 heterocycles. The number of nitrogens with zero attached hydrogens (tertiary/aromatic N) is 3. The fraction of sp³-hybridized carbons (Fsp3) is 0.250. The maximum atomic E-state index is 12.5. The Morgan fingerprint density at radius 2 is 1.81 bits per heavy atom. The minimum atomic E-state index is -0.188. The summed E-state index contributed by atoms with van der Waals surface area (Å²) in [5.41, 5.74) is 3.85. The topological polar surface area (TPSA) is 58.1 Å². The van der Waals surface area contributed by atoms with Gasteiger partial charge < -0.3 is 4.90 Å². The van der Waals surface area contributed by atoms with E-state index in [2.05, 4.69) is 41.5 Å². The molecule has 1 amide bonds. The van der Waals surface area contributed by atoms with Crippen LogP contribution in [0.25, 0.3) is 10.6 Å². The molecule has 0 saturated carbocycles. The van der Waals surface area contributed by atoms with E-state index in [1.165, 1.54) is 16.9 Å². The zero-order valence-electron chi connectivity index (χ0n) is 15.4. The molecule has 0 spiro atoms. The monoisotopic (exact) mass is 366 g/mol.